The van der Waals surface area contributed by atoms with E-state index in [0.29, 0.717) is 11.1 Å². The first-order valence-electron chi connectivity index (χ1n) is 14.7. The van der Waals surface area contributed by atoms with Gasteiger partial charge in [0.05, 0.1) is 52.1 Å². The van der Waals surface area contributed by atoms with Crippen molar-refractivity contribution < 1.29 is 0 Å². The maximum atomic E-state index is 9.48. The van der Waals surface area contributed by atoms with Gasteiger partial charge < -0.3 is 4.90 Å². The lowest BCUT2D eigenvalue weighted by atomic mass is 9.88. The lowest BCUT2D eigenvalue weighted by Crippen LogP contribution is -2.35. The van der Waals surface area contributed by atoms with Crippen LogP contribution in [0.5, 0.6) is 0 Å². The van der Waals surface area contributed by atoms with Crippen molar-refractivity contribution in [1.29, 1.82) is 10.5 Å². The van der Waals surface area contributed by atoms with Crippen LogP contribution in [0, 0.1) is 22.7 Å². The summed E-state index contributed by atoms with van der Waals surface area (Å²) >= 11 is 0. The van der Waals surface area contributed by atoms with Crippen LogP contribution in [0.2, 0.25) is 0 Å². The number of para-hydroxylation sites is 1. The second-order valence-electron chi connectivity index (χ2n) is 11.1. The van der Waals surface area contributed by atoms with Crippen molar-refractivity contribution in [3.63, 3.8) is 0 Å². The van der Waals surface area contributed by atoms with Gasteiger partial charge >= 0.3 is 0 Å². The summed E-state index contributed by atoms with van der Waals surface area (Å²) in [5.74, 6) is 0.884. The highest BCUT2D eigenvalue weighted by Crippen LogP contribution is 2.52. The average Bonchev–Trinajstić information content (AvgIpc) is 3.53. The van der Waals surface area contributed by atoms with E-state index in [1.165, 1.54) is 0 Å². The summed E-state index contributed by atoms with van der Waals surface area (Å²) in [6, 6.07) is 46.3. The second-order valence-corrected chi connectivity index (χ2v) is 11.1. The third-order valence-corrected chi connectivity index (χ3v) is 8.52. The number of anilines is 1. The Hall–Kier alpha value is -6.37. The topological polar surface area (TPSA) is 89.0 Å². The van der Waals surface area contributed by atoms with Gasteiger partial charge in [0.15, 0.2) is 0 Å². The Morgan fingerprint density at radius 3 is 2.00 bits per heavy atom. The first-order chi connectivity index (χ1) is 22.2. The van der Waals surface area contributed by atoms with E-state index in [1.807, 2.05) is 84.9 Å². The zero-order valence-corrected chi connectivity index (χ0v) is 24.0. The number of fused-ring (bicyclic) bond motifs is 6. The summed E-state index contributed by atoms with van der Waals surface area (Å²) < 4.78 is 0. The average molecular weight is 577 g/mol. The zero-order chi connectivity index (χ0) is 30.3. The molecule has 0 saturated carbocycles. The van der Waals surface area contributed by atoms with Gasteiger partial charge in [0.2, 0.25) is 0 Å². The molecule has 0 saturated heterocycles. The lowest BCUT2D eigenvalue weighted by Gasteiger charge is -2.36. The van der Waals surface area contributed by atoms with Gasteiger partial charge in [0.25, 0.3) is 0 Å². The van der Waals surface area contributed by atoms with E-state index in [9.17, 15) is 10.5 Å². The molecule has 45 heavy (non-hydrogen) atoms. The molecule has 8 rings (SSSR count). The Labute approximate surface area is 260 Å². The highest BCUT2D eigenvalue weighted by Gasteiger charge is 2.43. The molecule has 0 spiro atoms. The van der Waals surface area contributed by atoms with Crippen LogP contribution >= 0.6 is 0 Å². The Morgan fingerprint density at radius 1 is 0.578 bits per heavy atom. The van der Waals surface area contributed by atoms with E-state index < -0.39 is 0 Å². The zero-order valence-electron chi connectivity index (χ0n) is 24.0. The van der Waals surface area contributed by atoms with Gasteiger partial charge in [0, 0.05) is 22.9 Å². The molecule has 0 amide bonds. The van der Waals surface area contributed by atoms with E-state index in [4.69, 9.17) is 9.98 Å². The maximum Gasteiger partial charge on any atom is 0.137 e. The van der Waals surface area contributed by atoms with Crippen LogP contribution in [0.1, 0.15) is 39.9 Å². The number of nitriles is 2. The Balaban J connectivity index is 1.31. The predicted molar refractivity (Wildman–Crippen MR) is 175 cm³/mol. The molecule has 6 heteroatoms. The fourth-order valence-electron chi connectivity index (χ4n) is 6.39. The van der Waals surface area contributed by atoms with Crippen molar-refractivity contribution >= 4 is 11.5 Å². The molecule has 4 aromatic carbocycles. The molecule has 0 bridgehead atoms. The standard InChI is InChI=1S/C39H24N6/c40-23-25-11-15-27(16-12-25)37-38(28-17-13-26(24-41)14-18-28)45-36-10-2-1-6-31(36)30-20-19-29(22-32(30)39(45)44-37)33-8-5-9-35(43-33)34-7-3-4-21-42-34/h1-22,37-38H. The molecular formula is C39H24N6. The molecule has 6 nitrogen and oxygen atoms in total. The molecule has 0 aliphatic carbocycles. The number of nitrogens with zero attached hydrogens (tertiary/aromatic N) is 6. The smallest absolute Gasteiger partial charge is 0.137 e. The summed E-state index contributed by atoms with van der Waals surface area (Å²) in [5.41, 5.74) is 11.2. The van der Waals surface area contributed by atoms with Crippen LogP contribution in [0.15, 0.2) is 139 Å². The van der Waals surface area contributed by atoms with Gasteiger partial charge in [-0.05, 0) is 77.4 Å². The molecule has 2 aliphatic rings. The van der Waals surface area contributed by atoms with Gasteiger partial charge in [-0.25, -0.2) is 4.98 Å². The Morgan fingerprint density at radius 2 is 1.27 bits per heavy atom. The summed E-state index contributed by atoms with van der Waals surface area (Å²) in [4.78, 5) is 17.3. The van der Waals surface area contributed by atoms with Crippen molar-refractivity contribution in [2.45, 2.75) is 12.1 Å². The molecule has 210 valence electrons. The summed E-state index contributed by atoms with van der Waals surface area (Å²) in [7, 11) is 0. The predicted octanol–water partition coefficient (Wildman–Crippen LogP) is 8.28. The Kier molecular flexibility index (Phi) is 6.26. The van der Waals surface area contributed by atoms with Crippen LogP contribution < -0.4 is 4.90 Å². The van der Waals surface area contributed by atoms with Gasteiger partial charge in [-0.1, -0.05) is 66.7 Å². The molecule has 2 aliphatic heterocycles. The monoisotopic (exact) mass is 576 g/mol. The number of amidine groups is 1. The van der Waals surface area contributed by atoms with Crippen molar-refractivity contribution in [2.24, 2.45) is 4.99 Å². The van der Waals surface area contributed by atoms with Crippen LogP contribution in [0.25, 0.3) is 33.8 Å². The number of aliphatic imine (C=N–C) groups is 1. The number of pyridine rings is 2. The van der Waals surface area contributed by atoms with Crippen molar-refractivity contribution in [3.8, 4) is 45.9 Å². The lowest BCUT2D eigenvalue weighted by molar-refractivity contribution is 0.611. The molecular weight excluding hydrogens is 552 g/mol. The molecule has 4 heterocycles. The number of aromatic nitrogens is 2. The molecule has 0 fully saturated rings. The van der Waals surface area contributed by atoms with Crippen LogP contribution in [0.4, 0.5) is 5.69 Å². The second kappa shape index (κ2) is 10.7. The molecule has 0 radical (unpaired) electrons. The van der Waals surface area contributed by atoms with Gasteiger partial charge in [0.1, 0.15) is 11.9 Å². The normalized spacial score (nSPS) is 16.0. The minimum absolute atomic E-state index is 0.163. The summed E-state index contributed by atoms with van der Waals surface area (Å²) in [6.45, 7) is 0. The third kappa shape index (κ3) is 4.45. The van der Waals surface area contributed by atoms with E-state index in [0.717, 1.165) is 62.0 Å². The van der Waals surface area contributed by atoms with Gasteiger partial charge in [-0.15, -0.1) is 0 Å². The minimum Gasteiger partial charge on any atom is -0.315 e. The fourth-order valence-corrected chi connectivity index (χ4v) is 6.39. The highest BCUT2D eigenvalue weighted by molar-refractivity contribution is 6.21. The van der Waals surface area contributed by atoms with Crippen LogP contribution in [-0.4, -0.2) is 15.8 Å². The van der Waals surface area contributed by atoms with Crippen molar-refractivity contribution in [2.75, 3.05) is 4.90 Å². The van der Waals surface area contributed by atoms with E-state index in [-0.39, 0.29) is 12.1 Å². The molecule has 0 N–H and O–H groups in total. The van der Waals surface area contributed by atoms with Crippen LogP contribution in [0.3, 0.4) is 0 Å². The van der Waals surface area contributed by atoms with E-state index in [1.54, 1.807) is 6.20 Å². The summed E-state index contributed by atoms with van der Waals surface area (Å²) in [5, 5.41) is 18.9. The van der Waals surface area contributed by atoms with E-state index >= 15 is 0 Å². The molecule has 2 aromatic heterocycles. The fraction of sp³-hybridized carbons (Fsp3) is 0.0513. The minimum atomic E-state index is -0.242. The first kappa shape index (κ1) is 26.3. The summed E-state index contributed by atoms with van der Waals surface area (Å²) in [6.07, 6.45) is 1.78. The number of hydrogen-bond acceptors (Lipinski definition) is 6. The van der Waals surface area contributed by atoms with Crippen molar-refractivity contribution in [1.82, 2.24) is 9.97 Å². The molecule has 2 unspecified atom stereocenters. The van der Waals surface area contributed by atoms with Crippen molar-refractivity contribution in [3.05, 3.63) is 161 Å². The number of benzene rings is 4. The van der Waals surface area contributed by atoms with Gasteiger partial charge in [-0.3, -0.25) is 9.98 Å². The largest absolute Gasteiger partial charge is 0.315 e. The molecule has 6 aromatic rings. The van der Waals surface area contributed by atoms with E-state index in [2.05, 4.69) is 64.5 Å². The quantitative estimate of drug-likeness (QED) is 0.211. The number of rotatable bonds is 4. The third-order valence-electron chi connectivity index (χ3n) is 8.52. The molecule has 2 atom stereocenters. The Bertz CT molecular complexity index is 2190. The van der Waals surface area contributed by atoms with Gasteiger partial charge in [-0.2, -0.15) is 10.5 Å². The number of hydrogen-bond donors (Lipinski definition) is 0. The SMILES string of the molecule is N#Cc1ccc(C2N=C3c4cc(-c5cccc(-c6ccccn6)n5)ccc4-c4ccccc4N3C2c2ccc(C#N)cc2)cc1. The van der Waals surface area contributed by atoms with Crippen LogP contribution in [-0.2, 0) is 0 Å². The highest BCUT2D eigenvalue weighted by atomic mass is 15.3. The first-order valence-corrected chi connectivity index (χ1v) is 14.7. The maximum absolute atomic E-state index is 9.48.